The summed E-state index contributed by atoms with van der Waals surface area (Å²) in [4.78, 5) is 0. The smallest absolute Gasteiger partial charge is 0.00891 e. The summed E-state index contributed by atoms with van der Waals surface area (Å²) >= 11 is 0. The molecule has 0 heterocycles. The molecule has 0 heteroatoms. The highest BCUT2D eigenvalue weighted by Gasteiger charge is 2.17. The molecule has 0 fully saturated rings. The molecule has 0 bridgehead atoms. The molecule has 1 rings (SSSR count). The highest BCUT2D eigenvalue weighted by Crippen LogP contribution is 2.34. The molecule has 0 aliphatic heterocycles. The molecule has 0 N–H and O–H groups in total. The van der Waals surface area contributed by atoms with Crippen molar-refractivity contribution in [3.05, 3.63) is 11.1 Å². The highest BCUT2D eigenvalue weighted by molar-refractivity contribution is 5.20. The van der Waals surface area contributed by atoms with E-state index in [4.69, 9.17) is 6.42 Å². The molecule has 0 nitrogen and oxygen atoms in total. The zero-order valence-electron chi connectivity index (χ0n) is 8.19. The Morgan fingerprint density at radius 1 is 1.58 bits per heavy atom. The SMILES string of the molecule is C#CCCCC1=C(C)CCC1C. The maximum atomic E-state index is 5.22. The van der Waals surface area contributed by atoms with Gasteiger partial charge < -0.3 is 0 Å². The summed E-state index contributed by atoms with van der Waals surface area (Å²) in [5.74, 6) is 3.52. The van der Waals surface area contributed by atoms with Gasteiger partial charge in [0.25, 0.3) is 0 Å². The van der Waals surface area contributed by atoms with Gasteiger partial charge >= 0.3 is 0 Å². The number of terminal acetylenes is 1. The summed E-state index contributed by atoms with van der Waals surface area (Å²) < 4.78 is 0. The van der Waals surface area contributed by atoms with Gasteiger partial charge in [-0.2, -0.15) is 0 Å². The lowest BCUT2D eigenvalue weighted by Crippen LogP contribution is -1.93. The van der Waals surface area contributed by atoms with E-state index in [2.05, 4.69) is 19.8 Å². The van der Waals surface area contributed by atoms with Crippen LogP contribution in [0.3, 0.4) is 0 Å². The van der Waals surface area contributed by atoms with Crippen LogP contribution < -0.4 is 0 Å². The standard InChI is InChI=1S/C12H18/c1-4-5-6-7-12-10(2)8-9-11(12)3/h1,10H,5-9H2,2-3H3. The summed E-state index contributed by atoms with van der Waals surface area (Å²) in [5.41, 5.74) is 3.31. The quantitative estimate of drug-likeness (QED) is 0.338. The van der Waals surface area contributed by atoms with Gasteiger partial charge in [0.05, 0.1) is 0 Å². The monoisotopic (exact) mass is 162 g/mol. The molecule has 1 aliphatic carbocycles. The Labute approximate surface area is 76.1 Å². The third-order valence-electron chi connectivity index (χ3n) is 2.86. The van der Waals surface area contributed by atoms with E-state index in [1.807, 2.05) is 0 Å². The maximum absolute atomic E-state index is 5.22. The minimum atomic E-state index is 0.822. The van der Waals surface area contributed by atoms with Crippen molar-refractivity contribution in [2.45, 2.75) is 46.0 Å². The molecule has 1 aliphatic rings. The van der Waals surface area contributed by atoms with Gasteiger partial charge in [0.15, 0.2) is 0 Å². The van der Waals surface area contributed by atoms with Gasteiger partial charge in [-0.05, 0) is 38.5 Å². The number of unbranched alkanes of at least 4 members (excludes halogenated alkanes) is 1. The third kappa shape index (κ3) is 2.14. The number of rotatable bonds is 3. The molecular formula is C12H18. The van der Waals surface area contributed by atoms with Crippen molar-refractivity contribution in [3.8, 4) is 12.3 Å². The highest BCUT2D eigenvalue weighted by atomic mass is 14.2. The largest absolute Gasteiger partial charge is 0.120 e. The van der Waals surface area contributed by atoms with Crippen molar-refractivity contribution >= 4 is 0 Å². The minimum absolute atomic E-state index is 0.822. The van der Waals surface area contributed by atoms with Crippen molar-refractivity contribution in [2.75, 3.05) is 0 Å². The molecule has 1 atom stereocenters. The van der Waals surface area contributed by atoms with Crippen LogP contribution in [0.25, 0.3) is 0 Å². The van der Waals surface area contributed by atoms with Gasteiger partial charge in [0, 0.05) is 6.42 Å². The van der Waals surface area contributed by atoms with E-state index in [9.17, 15) is 0 Å². The fraction of sp³-hybridized carbons (Fsp3) is 0.667. The van der Waals surface area contributed by atoms with Crippen LogP contribution in [0.5, 0.6) is 0 Å². The van der Waals surface area contributed by atoms with Crippen molar-refractivity contribution in [2.24, 2.45) is 5.92 Å². The van der Waals surface area contributed by atoms with Crippen LogP contribution >= 0.6 is 0 Å². The van der Waals surface area contributed by atoms with Crippen LogP contribution in [0, 0.1) is 18.3 Å². The first-order valence-electron chi connectivity index (χ1n) is 4.87. The van der Waals surface area contributed by atoms with Gasteiger partial charge in [-0.1, -0.05) is 18.1 Å². The van der Waals surface area contributed by atoms with Crippen LogP contribution in [-0.2, 0) is 0 Å². The average Bonchev–Trinajstić information content (AvgIpc) is 2.35. The van der Waals surface area contributed by atoms with Crippen LogP contribution in [0.2, 0.25) is 0 Å². The fourth-order valence-electron chi connectivity index (χ4n) is 2.03. The average molecular weight is 162 g/mol. The number of hydrogen-bond acceptors (Lipinski definition) is 0. The van der Waals surface area contributed by atoms with Crippen molar-refractivity contribution in [1.82, 2.24) is 0 Å². The van der Waals surface area contributed by atoms with E-state index in [1.165, 1.54) is 25.7 Å². The first-order chi connectivity index (χ1) is 5.75. The molecule has 66 valence electrons. The molecule has 0 saturated carbocycles. The molecule has 0 aromatic carbocycles. The lowest BCUT2D eigenvalue weighted by atomic mass is 9.98. The Morgan fingerprint density at radius 2 is 2.33 bits per heavy atom. The van der Waals surface area contributed by atoms with E-state index < -0.39 is 0 Å². The second kappa shape index (κ2) is 4.36. The van der Waals surface area contributed by atoms with Crippen LogP contribution in [0.15, 0.2) is 11.1 Å². The zero-order valence-corrected chi connectivity index (χ0v) is 8.19. The van der Waals surface area contributed by atoms with Crippen LogP contribution in [0.4, 0.5) is 0 Å². The first-order valence-corrected chi connectivity index (χ1v) is 4.87. The predicted octanol–water partition coefficient (Wildman–Crippen LogP) is 3.54. The van der Waals surface area contributed by atoms with Gasteiger partial charge in [-0.3, -0.25) is 0 Å². The Morgan fingerprint density at radius 3 is 2.83 bits per heavy atom. The lowest BCUT2D eigenvalue weighted by Gasteiger charge is -2.08. The zero-order chi connectivity index (χ0) is 8.97. The second-order valence-electron chi connectivity index (χ2n) is 3.80. The fourth-order valence-corrected chi connectivity index (χ4v) is 2.03. The predicted molar refractivity (Wildman–Crippen MR) is 53.8 cm³/mol. The summed E-state index contributed by atoms with van der Waals surface area (Å²) in [5, 5.41) is 0. The van der Waals surface area contributed by atoms with E-state index in [-0.39, 0.29) is 0 Å². The normalized spacial score (nSPS) is 22.9. The van der Waals surface area contributed by atoms with E-state index >= 15 is 0 Å². The molecule has 0 spiro atoms. The number of allylic oxidation sites excluding steroid dienone is 2. The molecule has 12 heavy (non-hydrogen) atoms. The third-order valence-corrected chi connectivity index (χ3v) is 2.86. The number of hydrogen-bond donors (Lipinski definition) is 0. The van der Waals surface area contributed by atoms with Gasteiger partial charge in [0.2, 0.25) is 0 Å². The Kier molecular flexibility index (Phi) is 3.41. The second-order valence-corrected chi connectivity index (χ2v) is 3.80. The van der Waals surface area contributed by atoms with E-state index in [0.717, 1.165) is 12.3 Å². The van der Waals surface area contributed by atoms with Gasteiger partial charge in [0.1, 0.15) is 0 Å². The molecule has 0 aromatic heterocycles. The lowest BCUT2D eigenvalue weighted by molar-refractivity contribution is 0.633. The van der Waals surface area contributed by atoms with Crippen molar-refractivity contribution < 1.29 is 0 Å². The molecule has 0 radical (unpaired) electrons. The van der Waals surface area contributed by atoms with Crippen LogP contribution in [-0.4, -0.2) is 0 Å². The molecule has 0 aromatic rings. The van der Waals surface area contributed by atoms with E-state index in [0.29, 0.717) is 0 Å². The molecular weight excluding hydrogens is 144 g/mol. The topological polar surface area (TPSA) is 0 Å². The van der Waals surface area contributed by atoms with Crippen LogP contribution in [0.1, 0.15) is 46.0 Å². The van der Waals surface area contributed by atoms with Gasteiger partial charge in [-0.15, -0.1) is 12.3 Å². The van der Waals surface area contributed by atoms with Crippen molar-refractivity contribution in [1.29, 1.82) is 0 Å². The summed E-state index contributed by atoms with van der Waals surface area (Å²) in [6.07, 6.45) is 11.2. The Bertz CT molecular complexity index is 215. The summed E-state index contributed by atoms with van der Waals surface area (Å²) in [7, 11) is 0. The van der Waals surface area contributed by atoms with Crippen molar-refractivity contribution in [3.63, 3.8) is 0 Å². The van der Waals surface area contributed by atoms with Gasteiger partial charge in [-0.25, -0.2) is 0 Å². The minimum Gasteiger partial charge on any atom is -0.120 e. The Balaban J connectivity index is 2.40. The van der Waals surface area contributed by atoms with E-state index in [1.54, 1.807) is 11.1 Å². The molecule has 0 saturated heterocycles. The summed E-state index contributed by atoms with van der Waals surface area (Å²) in [6, 6.07) is 0. The Hall–Kier alpha value is -0.700. The first kappa shape index (κ1) is 9.39. The summed E-state index contributed by atoms with van der Waals surface area (Å²) in [6.45, 7) is 4.61. The maximum Gasteiger partial charge on any atom is 0.00891 e. The molecule has 1 unspecified atom stereocenters. The molecule has 0 amide bonds.